The molecule has 2 nitrogen and oxygen atoms in total. The Kier molecular flexibility index (Phi) is 5.80. The largest absolute Gasteiger partial charge is 0.297 e. The van der Waals surface area contributed by atoms with Crippen molar-refractivity contribution in [2.24, 2.45) is 0 Å². The van der Waals surface area contributed by atoms with Gasteiger partial charge in [0, 0.05) is 23.5 Å². The molecule has 0 spiro atoms. The van der Waals surface area contributed by atoms with Gasteiger partial charge in [-0.05, 0) is 44.5 Å². The summed E-state index contributed by atoms with van der Waals surface area (Å²) in [4.78, 5) is 7.02. The van der Waals surface area contributed by atoms with E-state index >= 15 is 0 Å². The molecule has 0 radical (unpaired) electrons. The molecule has 0 aliphatic rings. The van der Waals surface area contributed by atoms with E-state index in [1.54, 1.807) is 11.3 Å². The van der Waals surface area contributed by atoms with Gasteiger partial charge in [-0.2, -0.15) is 0 Å². The number of aromatic nitrogens is 1. The molecule has 0 N–H and O–H groups in total. The molecule has 0 saturated heterocycles. The zero-order chi connectivity index (χ0) is 15.4. The van der Waals surface area contributed by atoms with Crippen molar-refractivity contribution in [2.45, 2.75) is 46.2 Å². The second kappa shape index (κ2) is 7.39. The van der Waals surface area contributed by atoms with Crippen LogP contribution in [0.3, 0.4) is 0 Å². The summed E-state index contributed by atoms with van der Waals surface area (Å²) in [7, 11) is 0. The molecule has 0 bridgehead atoms. The first-order valence-corrected chi connectivity index (χ1v) is 8.80. The number of alkyl halides is 1. The summed E-state index contributed by atoms with van der Waals surface area (Å²) in [6, 6.07) is 7.21. The first kappa shape index (κ1) is 16.5. The molecule has 0 aliphatic carbocycles. The van der Waals surface area contributed by atoms with Crippen LogP contribution in [0, 0.1) is 6.92 Å². The van der Waals surface area contributed by atoms with Crippen molar-refractivity contribution in [3.8, 4) is 10.6 Å². The smallest absolute Gasteiger partial charge is 0.123 e. The third-order valence-corrected chi connectivity index (χ3v) is 5.00. The maximum atomic E-state index is 5.83. The molecule has 0 saturated carbocycles. The molecule has 0 atom stereocenters. The van der Waals surface area contributed by atoms with E-state index in [4.69, 9.17) is 11.6 Å². The lowest BCUT2D eigenvalue weighted by Gasteiger charge is -2.25. The minimum atomic E-state index is 0.480. The number of hydrogen-bond donors (Lipinski definition) is 0. The molecule has 21 heavy (non-hydrogen) atoms. The monoisotopic (exact) mass is 322 g/mol. The maximum absolute atomic E-state index is 5.83. The van der Waals surface area contributed by atoms with Crippen LogP contribution in [-0.2, 0) is 12.4 Å². The predicted molar refractivity (Wildman–Crippen MR) is 93.1 cm³/mol. The van der Waals surface area contributed by atoms with Crippen molar-refractivity contribution in [1.82, 2.24) is 9.88 Å². The van der Waals surface area contributed by atoms with Gasteiger partial charge in [0.25, 0.3) is 0 Å². The summed E-state index contributed by atoms with van der Waals surface area (Å²) < 4.78 is 0. The first-order valence-electron chi connectivity index (χ1n) is 7.39. The van der Waals surface area contributed by atoms with Gasteiger partial charge in [0.1, 0.15) is 5.01 Å². The van der Waals surface area contributed by atoms with Crippen LogP contribution in [0.15, 0.2) is 23.6 Å². The number of benzene rings is 1. The molecule has 1 heterocycles. The van der Waals surface area contributed by atoms with Gasteiger partial charge in [0.05, 0.1) is 11.6 Å². The summed E-state index contributed by atoms with van der Waals surface area (Å²) in [5.74, 6) is 0.480. The van der Waals surface area contributed by atoms with Crippen LogP contribution in [0.4, 0.5) is 0 Å². The van der Waals surface area contributed by atoms with Crippen LogP contribution in [0.2, 0.25) is 0 Å². The fourth-order valence-electron chi connectivity index (χ4n) is 2.39. The molecule has 1 aromatic carbocycles. The number of thiazole rings is 1. The summed E-state index contributed by atoms with van der Waals surface area (Å²) in [6.45, 7) is 11.0. The second-order valence-corrected chi connectivity index (χ2v) is 6.70. The van der Waals surface area contributed by atoms with Gasteiger partial charge in [-0.1, -0.05) is 19.1 Å². The van der Waals surface area contributed by atoms with Gasteiger partial charge in [-0.3, -0.25) is 4.90 Å². The standard InChI is InChI=1S/C17H23ClN2S/c1-5-20(12(2)3)10-15-7-6-14(8-13(15)4)17-19-16(9-18)11-21-17/h6-8,11-12H,5,9-10H2,1-4H3. The zero-order valence-electron chi connectivity index (χ0n) is 13.2. The number of hydrogen-bond acceptors (Lipinski definition) is 3. The molecule has 1 aromatic heterocycles. The van der Waals surface area contributed by atoms with Gasteiger partial charge < -0.3 is 0 Å². The molecule has 0 amide bonds. The van der Waals surface area contributed by atoms with Crippen molar-refractivity contribution < 1.29 is 0 Å². The summed E-state index contributed by atoms with van der Waals surface area (Å²) in [5, 5.41) is 3.08. The Morgan fingerprint density at radius 2 is 2.10 bits per heavy atom. The topological polar surface area (TPSA) is 16.1 Å². The molecule has 0 fully saturated rings. The SMILES string of the molecule is CCN(Cc1ccc(-c2nc(CCl)cs2)cc1C)C(C)C. The van der Waals surface area contributed by atoms with Gasteiger partial charge >= 0.3 is 0 Å². The molecular weight excluding hydrogens is 300 g/mol. The fourth-order valence-corrected chi connectivity index (χ4v) is 3.43. The second-order valence-electron chi connectivity index (χ2n) is 5.58. The minimum Gasteiger partial charge on any atom is -0.297 e. The van der Waals surface area contributed by atoms with E-state index in [0.29, 0.717) is 11.9 Å². The zero-order valence-corrected chi connectivity index (χ0v) is 14.8. The van der Waals surface area contributed by atoms with Crippen LogP contribution < -0.4 is 0 Å². The van der Waals surface area contributed by atoms with Crippen LogP contribution in [0.1, 0.15) is 37.6 Å². The normalized spacial score (nSPS) is 11.6. The highest BCUT2D eigenvalue weighted by atomic mass is 35.5. The lowest BCUT2D eigenvalue weighted by molar-refractivity contribution is 0.224. The van der Waals surface area contributed by atoms with Crippen LogP contribution in [0.5, 0.6) is 0 Å². The molecule has 2 rings (SSSR count). The summed E-state index contributed by atoms with van der Waals surface area (Å²) in [5.41, 5.74) is 4.86. The molecule has 2 aromatic rings. The highest BCUT2D eigenvalue weighted by molar-refractivity contribution is 7.13. The van der Waals surface area contributed by atoms with Gasteiger partial charge in [-0.15, -0.1) is 22.9 Å². The highest BCUT2D eigenvalue weighted by Gasteiger charge is 2.11. The lowest BCUT2D eigenvalue weighted by Crippen LogP contribution is -2.30. The summed E-state index contributed by atoms with van der Waals surface area (Å²) in [6.07, 6.45) is 0. The van der Waals surface area contributed by atoms with Crippen molar-refractivity contribution in [1.29, 1.82) is 0 Å². The average molecular weight is 323 g/mol. The Morgan fingerprint density at radius 3 is 2.62 bits per heavy atom. The van der Waals surface area contributed by atoms with E-state index in [2.05, 4.69) is 55.8 Å². The third kappa shape index (κ3) is 4.06. The Morgan fingerprint density at radius 1 is 1.33 bits per heavy atom. The quantitative estimate of drug-likeness (QED) is 0.689. The first-order chi connectivity index (χ1) is 10.0. The molecule has 0 unspecified atom stereocenters. The van der Waals surface area contributed by atoms with Crippen LogP contribution in [-0.4, -0.2) is 22.5 Å². The Bertz CT molecular complexity index is 592. The number of rotatable bonds is 6. The van der Waals surface area contributed by atoms with Crippen LogP contribution in [0.25, 0.3) is 10.6 Å². The van der Waals surface area contributed by atoms with E-state index < -0.39 is 0 Å². The minimum absolute atomic E-state index is 0.480. The maximum Gasteiger partial charge on any atom is 0.123 e. The van der Waals surface area contributed by atoms with E-state index in [9.17, 15) is 0 Å². The van der Waals surface area contributed by atoms with Crippen LogP contribution >= 0.6 is 22.9 Å². The number of nitrogens with zero attached hydrogens (tertiary/aromatic N) is 2. The highest BCUT2D eigenvalue weighted by Crippen LogP contribution is 2.27. The van der Waals surface area contributed by atoms with Crippen molar-refractivity contribution in [3.05, 3.63) is 40.4 Å². The molecule has 4 heteroatoms. The van der Waals surface area contributed by atoms with E-state index in [0.717, 1.165) is 23.8 Å². The molecule has 114 valence electrons. The lowest BCUT2D eigenvalue weighted by atomic mass is 10.0. The molecule has 0 aliphatic heterocycles. The average Bonchev–Trinajstić information content (AvgIpc) is 2.94. The van der Waals surface area contributed by atoms with Crippen molar-refractivity contribution >= 4 is 22.9 Å². The Hall–Kier alpha value is -0.900. The van der Waals surface area contributed by atoms with Gasteiger partial charge in [0.2, 0.25) is 0 Å². The Balaban J connectivity index is 2.20. The number of halogens is 1. The van der Waals surface area contributed by atoms with E-state index in [1.165, 1.54) is 16.7 Å². The van der Waals surface area contributed by atoms with Crippen molar-refractivity contribution in [3.63, 3.8) is 0 Å². The predicted octanol–water partition coefficient (Wildman–Crippen LogP) is 5.09. The number of aryl methyl sites for hydroxylation is 1. The van der Waals surface area contributed by atoms with Gasteiger partial charge in [0.15, 0.2) is 0 Å². The van der Waals surface area contributed by atoms with E-state index in [1.807, 2.05) is 5.38 Å². The third-order valence-electron chi connectivity index (χ3n) is 3.79. The fraction of sp³-hybridized carbons (Fsp3) is 0.471. The Labute approximate surface area is 136 Å². The van der Waals surface area contributed by atoms with E-state index in [-0.39, 0.29) is 0 Å². The van der Waals surface area contributed by atoms with Gasteiger partial charge in [-0.25, -0.2) is 4.98 Å². The van der Waals surface area contributed by atoms with Crippen molar-refractivity contribution in [2.75, 3.05) is 6.54 Å². The molecular formula is C17H23ClN2S. The summed E-state index contributed by atoms with van der Waals surface area (Å²) >= 11 is 7.48.